The van der Waals surface area contributed by atoms with Crippen molar-refractivity contribution in [3.05, 3.63) is 355 Å². The van der Waals surface area contributed by atoms with Crippen LogP contribution in [-0.2, 0) is 0 Å². The molecule has 0 atom stereocenters. The molecule has 8 heterocycles. The standard InChI is InChI=1S/C24H18BrN3.C24H17Cl2N3.C24H17N5O4.C24H17N3/c1-15-21(19-9-5-6-10-20(19)26-15)24-27-22(16-7-3-2-4-8-16)23(28-24)17-11-13-18(25)14-12-17;1-14-21(19-4-2-3-5-20(19)27-14)24-28-22(15-6-10-17(25)11-7-15)23(29-24)16-8-12-18(26)13-9-16;1-14-21(19-4-2-3-5-20(19)25-14)24-26-22(15-6-10-17(11-7-15)28(30)31)23(27-24)16-8-12-18(13-9-16)29(32)33;1-14-21(19-12-6-7-13-20(19)25-14)24-26-22-17-10-4-2-8-15(17)16-9-3-5-11-18(16)23(22)27-24/h2-14,26H,1H3,(H,27,28);2-13,27H,1H3,(H,28,29);2-13,25H,1H3,(H,26,27);2-13,25H,1H3,(H,26,27). The molecule has 0 unspecified atom stereocenters. The number of nitro groups is 2. The predicted molar refractivity (Wildman–Crippen MR) is 479 cm³/mol. The summed E-state index contributed by atoms with van der Waals surface area (Å²) in [4.78, 5) is 69.2. The minimum absolute atomic E-state index is 0.0113. The zero-order valence-electron chi connectivity index (χ0n) is 63.2. The fourth-order valence-electron chi connectivity index (χ4n) is 15.7. The van der Waals surface area contributed by atoms with E-state index in [9.17, 15) is 20.2 Å². The van der Waals surface area contributed by atoms with Gasteiger partial charge in [0.25, 0.3) is 11.4 Å². The van der Waals surface area contributed by atoms with Crippen LogP contribution in [0.2, 0.25) is 10.0 Å². The fourth-order valence-corrected chi connectivity index (χ4v) is 16.2. The minimum Gasteiger partial charge on any atom is -0.358 e. The number of nitrogens with one attached hydrogen (secondary N) is 8. The molecule has 0 bridgehead atoms. The van der Waals surface area contributed by atoms with E-state index in [1.165, 1.54) is 56.6 Å². The molecule has 0 saturated heterocycles. The molecule has 0 spiro atoms. The van der Waals surface area contributed by atoms with Crippen LogP contribution in [0.25, 0.3) is 189 Å². The summed E-state index contributed by atoms with van der Waals surface area (Å²) in [5.41, 5.74) is 25.7. The van der Waals surface area contributed by atoms with Gasteiger partial charge in [-0.1, -0.05) is 227 Å². The van der Waals surface area contributed by atoms with Crippen LogP contribution in [0.5, 0.6) is 0 Å². The number of halogens is 3. The van der Waals surface area contributed by atoms with Gasteiger partial charge in [-0.3, -0.25) is 20.2 Å². The minimum atomic E-state index is -0.452. The van der Waals surface area contributed by atoms with Crippen LogP contribution >= 0.6 is 39.1 Å². The average Bonchev–Trinajstić information content (AvgIpc) is 1.62. The van der Waals surface area contributed by atoms with Crippen molar-refractivity contribution in [1.29, 1.82) is 0 Å². The molecule has 0 aliphatic carbocycles. The van der Waals surface area contributed by atoms with Gasteiger partial charge in [0.1, 0.15) is 23.3 Å². The van der Waals surface area contributed by atoms with Crippen molar-refractivity contribution in [3.63, 3.8) is 0 Å². The quantitative estimate of drug-likeness (QED) is 0.0330. The molecule has 13 aromatic carbocycles. The first kappa shape index (κ1) is 73.9. The number of hydrogen-bond acceptors (Lipinski definition) is 8. The smallest absolute Gasteiger partial charge is 0.269 e. The highest BCUT2D eigenvalue weighted by Gasteiger charge is 2.25. The second-order valence-corrected chi connectivity index (χ2v) is 30.3. The summed E-state index contributed by atoms with van der Waals surface area (Å²) >= 11 is 15.7. The first-order valence-electron chi connectivity index (χ1n) is 37.8. The number of aromatic amines is 8. The molecular formula is C96H69BrCl2N14O4. The van der Waals surface area contributed by atoms with Gasteiger partial charge in [-0.15, -0.1) is 0 Å². The van der Waals surface area contributed by atoms with Crippen LogP contribution in [0, 0.1) is 47.9 Å². The Bertz CT molecular complexity index is 7130. The number of aryl methyl sites for hydroxylation is 4. The van der Waals surface area contributed by atoms with Crippen molar-refractivity contribution in [3.8, 4) is 113 Å². The Morgan fingerprint density at radius 3 is 0.923 bits per heavy atom. The second kappa shape index (κ2) is 31.1. The number of nitrogens with zero attached hydrogens (tertiary/aromatic N) is 6. The molecule has 21 rings (SSSR count). The molecule has 568 valence electrons. The lowest BCUT2D eigenvalue weighted by Crippen LogP contribution is -1.89. The van der Waals surface area contributed by atoms with E-state index in [4.69, 9.17) is 43.1 Å². The first-order chi connectivity index (χ1) is 57.0. The summed E-state index contributed by atoms with van der Waals surface area (Å²) in [6.45, 7) is 8.24. The molecule has 0 aliphatic rings. The molecule has 8 aromatic heterocycles. The number of aromatic nitrogens is 12. The number of benzene rings is 13. The van der Waals surface area contributed by atoms with E-state index in [1.807, 2.05) is 116 Å². The van der Waals surface area contributed by atoms with E-state index in [-0.39, 0.29) is 11.4 Å². The summed E-state index contributed by atoms with van der Waals surface area (Å²) in [6, 6.07) is 96.5. The zero-order valence-corrected chi connectivity index (χ0v) is 66.3. The van der Waals surface area contributed by atoms with Crippen LogP contribution in [-0.4, -0.2) is 69.7 Å². The lowest BCUT2D eigenvalue weighted by atomic mass is 10.0. The molecule has 117 heavy (non-hydrogen) atoms. The number of nitro benzene ring substituents is 2. The van der Waals surface area contributed by atoms with Gasteiger partial charge in [0.05, 0.1) is 55.0 Å². The first-order valence-corrected chi connectivity index (χ1v) is 39.3. The van der Waals surface area contributed by atoms with Gasteiger partial charge in [0.15, 0.2) is 0 Å². The number of hydrogen-bond donors (Lipinski definition) is 8. The molecule has 0 saturated carbocycles. The lowest BCUT2D eigenvalue weighted by Gasteiger charge is -2.05. The molecule has 0 aliphatic heterocycles. The number of para-hydroxylation sites is 4. The summed E-state index contributed by atoms with van der Waals surface area (Å²) in [5.74, 6) is 3.26. The second-order valence-electron chi connectivity index (χ2n) is 28.5. The third kappa shape index (κ3) is 14.3. The lowest BCUT2D eigenvalue weighted by molar-refractivity contribution is -0.385. The van der Waals surface area contributed by atoms with Gasteiger partial charge >= 0.3 is 0 Å². The van der Waals surface area contributed by atoms with Gasteiger partial charge in [-0.05, 0) is 123 Å². The number of fused-ring (bicyclic) bond motifs is 10. The maximum absolute atomic E-state index is 11.1. The predicted octanol–water partition coefficient (Wildman–Crippen LogP) is 26.8. The maximum Gasteiger partial charge on any atom is 0.269 e. The largest absolute Gasteiger partial charge is 0.358 e. The normalized spacial score (nSPS) is 11.3. The number of H-pyrrole nitrogens is 8. The Balaban J connectivity index is 0.000000108. The van der Waals surface area contributed by atoms with E-state index < -0.39 is 9.85 Å². The molecule has 21 aromatic rings. The fraction of sp³-hybridized carbons (Fsp3) is 0.0417. The summed E-state index contributed by atoms with van der Waals surface area (Å²) in [7, 11) is 0. The number of non-ortho nitro benzene ring substituents is 2. The van der Waals surface area contributed by atoms with Gasteiger partial charge in [0, 0.05) is 172 Å². The monoisotopic (exact) mass is 1630 g/mol. The van der Waals surface area contributed by atoms with Crippen molar-refractivity contribution >= 4 is 127 Å². The SMILES string of the molecule is Cc1[nH]c2ccccc2c1-c1nc(-c2ccc(Cl)cc2)c(-c2ccc(Cl)cc2)[nH]1.Cc1[nH]c2ccccc2c1-c1nc(-c2ccc([N+](=O)[O-])cc2)c(-c2ccc([N+](=O)[O-])cc2)[nH]1.Cc1[nH]c2ccccc2c1-c1nc(-c2ccccc2)c(-c2ccc(Br)cc2)[nH]1.Cc1[nH]c2ccccc2c1-c1nc2c3ccccc3c3ccccc3c2[nH]1. The Kier molecular flexibility index (Phi) is 19.7. The van der Waals surface area contributed by atoms with E-state index in [1.54, 1.807) is 24.3 Å². The summed E-state index contributed by atoms with van der Waals surface area (Å²) in [5, 5.41) is 33.0. The molecule has 21 heteroatoms. The van der Waals surface area contributed by atoms with Crippen molar-refractivity contribution in [2.24, 2.45) is 0 Å². The highest BCUT2D eigenvalue weighted by atomic mass is 79.9. The molecule has 0 radical (unpaired) electrons. The molecule has 0 fully saturated rings. The van der Waals surface area contributed by atoms with E-state index in [2.05, 4.69) is 216 Å². The van der Waals surface area contributed by atoms with Crippen molar-refractivity contribution in [2.75, 3.05) is 0 Å². The number of imidazole rings is 4. The van der Waals surface area contributed by atoms with Gasteiger partial charge in [-0.2, -0.15) is 0 Å². The third-order valence-electron chi connectivity index (χ3n) is 21.2. The zero-order chi connectivity index (χ0) is 80.1. The van der Waals surface area contributed by atoms with E-state index in [0.717, 1.165) is 156 Å². The Hall–Kier alpha value is -14.5. The Morgan fingerprint density at radius 2 is 0.556 bits per heavy atom. The van der Waals surface area contributed by atoms with Crippen LogP contribution < -0.4 is 0 Å². The van der Waals surface area contributed by atoms with Crippen molar-refractivity contribution in [2.45, 2.75) is 27.7 Å². The van der Waals surface area contributed by atoms with E-state index >= 15 is 0 Å². The van der Waals surface area contributed by atoms with Crippen molar-refractivity contribution < 1.29 is 9.85 Å². The van der Waals surface area contributed by atoms with E-state index in [0.29, 0.717) is 38.4 Å². The van der Waals surface area contributed by atoms with Gasteiger partial charge < -0.3 is 39.9 Å². The molecule has 0 amide bonds. The van der Waals surface area contributed by atoms with Crippen molar-refractivity contribution in [1.82, 2.24) is 59.8 Å². The maximum atomic E-state index is 11.1. The van der Waals surface area contributed by atoms with Crippen LogP contribution in [0.4, 0.5) is 11.4 Å². The molecule has 18 nitrogen and oxygen atoms in total. The topological polar surface area (TPSA) is 264 Å². The van der Waals surface area contributed by atoms with Crippen LogP contribution in [0.3, 0.4) is 0 Å². The van der Waals surface area contributed by atoms with Crippen LogP contribution in [0.1, 0.15) is 22.8 Å². The Morgan fingerprint density at radius 1 is 0.282 bits per heavy atom. The summed E-state index contributed by atoms with van der Waals surface area (Å²) < 4.78 is 1.06. The third-order valence-corrected chi connectivity index (χ3v) is 22.2. The van der Waals surface area contributed by atoms with Gasteiger partial charge in [-0.25, -0.2) is 19.9 Å². The molecule has 8 N–H and O–H groups in total. The molecular weight excluding hydrogens is 1560 g/mol. The summed E-state index contributed by atoms with van der Waals surface area (Å²) in [6.07, 6.45) is 0. The van der Waals surface area contributed by atoms with Crippen LogP contribution in [0.15, 0.2) is 302 Å². The number of rotatable bonds is 12. The Labute approximate surface area is 687 Å². The van der Waals surface area contributed by atoms with Gasteiger partial charge in [0.2, 0.25) is 0 Å². The highest BCUT2D eigenvalue weighted by molar-refractivity contribution is 9.10. The highest BCUT2D eigenvalue weighted by Crippen LogP contribution is 2.44. The average molecular weight is 1630 g/mol.